The van der Waals surface area contributed by atoms with Crippen LogP contribution in [0.4, 0.5) is 0 Å². The lowest BCUT2D eigenvalue weighted by atomic mass is 10.1. The van der Waals surface area contributed by atoms with E-state index in [4.69, 9.17) is 5.11 Å². The molecule has 8 nitrogen and oxygen atoms in total. The largest absolute Gasteiger partial charge is 0.396 e. The maximum Gasteiger partial charge on any atom is 0.251 e. The summed E-state index contributed by atoms with van der Waals surface area (Å²) in [6.07, 6.45) is 1.93. The molecular weight excluding hydrogens is 286 g/mol. The second kappa shape index (κ2) is 6.20. The molecule has 2 aromatic rings. The van der Waals surface area contributed by atoms with Crippen LogP contribution >= 0.6 is 0 Å². The number of hydrogen-bond donors (Lipinski definition) is 3. The number of tetrazole rings is 1. The van der Waals surface area contributed by atoms with Gasteiger partial charge in [0.05, 0.1) is 11.8 Å². The van der Waals surface area contributed by atoms with E-state index in [2.05, 4.69) is 20.8 Å². The minimum absolute atomic E-state index is 0.0671. The number of carbonyl (C=O) groups excluding carboxylic acids is 1. The van der Waals surface area contributed by atoms with Gasteiger partial charge >= 0.3 is 0 Å². The molecule has 1 heterocycles. The van der Waals surface area contributed by atoms with Crippen molar-refractivity contribution in [2.75, 3.05) is 6.61 Å². The van der Waals surface area contributed by atoms with Crippen LogP contribution < -0.4 is 5.32 Å². The zero-order valence-corrected chi connectivity index (χ0v) is 11.8. The van der Waals surface area contributed by atoms with Crippen molar-refractivity contribution >= 4 is 5.91 Å². The highest BCUT2D eigenvalue weighted by Gasteiger charge is 2.33. The fraction of sp³-hybridized carbons (Fsp3) is 0.429. The Hall–Kier alpha value is -2.32. The molecule has 1 aromatic carbocycles. The number of rotatable bonds is 4. The van der Waals surface area contributed by atoms with Crippen LogP contribution in [-0.4, -0.2) is 55.1 Å². The van der Waals surface area contributed by atoms with Gasteiger partial charge in [-0.05, 0) is 41.5 Å². The summed E-state index contributed by atoms with van der Waals surface area (Å²) in [5.74, 6) is -0.386. The topological polar surface area (TPSA) is 113 Å². The lowest BCUT2D eigenvalue weighted by molar-refractivity contribution is 0.0903. The molecule has 0 bridgehead atoms. The highest BCUT2D eigenvalue weighted by molar-refractivity contribution is 5.94. The molecule has 3 rings (SSSR count). The number of aromatic nitrogens is 4. The van der Waals surface area contributed by atoms with Crippen molar-refractivity contribution in [1.29, 1.82) is 0 Å². The Kier molecular flexibility index (Phi) is 4.12. The van der Waals surface area contributed by atoms with Gasteiger partial charge in [0.1, 0.15) is 6.33 Å². The maximum absolute atomic E-state index is 12.3. The zero-order chi connectivity index (χ0) is 15.5. The molecule has 3 N–H and O–H groups in total. The Morgan fingerprint density at radius 3 is 2.95 bits per heavy atom. The summed E-state index contributed by atoms with van der Waals surface area (Å²) in [6, 6.07) is 6.83. The fourth-order valence-corrected chi connectivity index (χ4v) is 2.75. The van der Waals surface area contributed by atoms with Gasteiger partial charge in [-0.1, -0.05) is 6.07 Å². The number of benzene rings is 1. The zero-order valence-electron chi connectivity index (χ0n) is 11.8. The Morgan fingerprint density at radius 2 is 2.27 bits per heavy atom. The van der Waals surface area contributed by atoms with Crippen LogP contribution in [0.15, 0.2) is 30.6 Å². The van der Waals surface area contributed by atoms with Crippen LogP contribution in [0.3, 0.4) is 0 Å². The van der Waals surface area contributed by atoms with Crippen LogP contribution in [0.25, 0.3) is 5.69 Å². The predicted octanol–water partition coefficient (Wildman–Crippen LogP) is -0.476. The monoisotopic (exact) mass is 303 g/mol. The molecule has 1 saturated carbocycles. The summed E-state index contributed by atoms with van der Waals surface area (Å²) in [6.45, 7) is -0.0671. The van der Waals surface area contributed by atoms with E-state index in [0.717, 1.165) is 0 Å². The number of nitrogens with zero attached hydrogens (tertiary/aromatic N) is 4. The molecule has 0 radical (unpaired) electrons. The average molecular weight is 303 g/mol. The van der Waals surface area contributed by atoms with Crippen molar-refractivity contribution < 1.29 is 15.0 Å². The number of aliphatic hydroxyl groups is 2. The van der Waals surface area contributed by atoms with Crippen LogP contribution in [0.1, 0.15) is 23.2 Å². The van der Waals surface area contributed by atoms with Gasteiger partial charge in [0.15, 0.2) is 0 Å². The standard InChI is InChI=1S/C14H17N5O3/c20-7-10-4-11(6-13(10)21)16-14(22)9-2-1-3-12(5-9)19-8-15-17-18-19/h1-3,5,8,10-11,13,20-21H,4,6-7H2,(H,16,22)/t10-,11+,13+/m0/s1. The Morgan fingerprint density at radius 1 is 1.41 bits per heavy atom. The van der Waals surface area contributed by atoms with Gasteiger partial charge in [-0.3, -0.25) is 4.79 Å². The molecule has 1 aliphatic rings. The molecule has 1 fully saturated rings. The van der Waals surface area contributed by atoms with E-state index < -0.39 is 6.10 Å². The second-order valence-corrected chi connectivity index (χ2v) is 5.46. The van der Waals surface area contributed by atoms with Gasteiger partial charge in [0.2, 0.25) is 0 Å². The highest BCUT2D eigenvalue weighted by Crippen LogP contribution is 2.26. The normalized spacial score (nSPS) is 24.4. The van der Waals surface area contributed by atoms with Crippen molar-refractivity contribution in [3.63, 3.8) is 0 Å². The SMILES string of the molecule is O=C(N[C@@H]1C[C@@H](CO)[C@H](O)C1)c1cccc(-n2cnnn2)c1. The van der Waals surface area contributed by atoms with Gasteiger partial charge in [-0.25, -0.2) is 4.68 Å². The molecule has 0 saturated heterocycles. The van der Waals surface area contributed by atoms with Gasteiger partial charge < -0.3 is 15.5 Å². The summed E-state index contributed by atoms with van der Waals surface area (Å²) in [5, 5.41) is 32.7. The van der Waals surface area contributed by atoms with Crippen LogP contribution in [0.2, 0.25) is 0 Å². The summed E-state index contributed by atoms with van der Waals surface area (Å²) in [5.41, 5.74) is 1.19. The second-order valence-electron chi connectivity index (χ2n) is 5.46. The van der Waals surface area contributed by atoms with Crippen LogP contribution in [0.5, 0.6) is 0 Å². The smallest absolute Gasteiger partial charge is 0.251 e. The predicted molar refractivity (Wildman–Crippen MR) is 76.2 cm³/mol. The van der Waals surface area contributed by atoms with Gasteiger partial charge in [0, 0.05) is 24.1 Å². The van der Waals surface area contributed by atoms with Crippen molar-refractivity contribution in [3.8, 4) is 5.69 Å². The van der Waals surface area contributed by atoms with Crippen LogP contribution in [0, 0.1) is 5.92 Å². The minimum atomic E-state index is -0.567. The van der Waals surface area contributed by atoms with Crippen molar-refractivity contribution in [2.45, 2.75) is 25.0 Å². The van der Waals surface area contributed by atoms with E-state index >= 15 is 0 Å². The molecule has 1 aromatic heterocycles. The molecule has 1 amide bonds. The number of hydrogen-bond acceptors (Lipinski definition) is 6. The molecular formula is C14H17N5O3. The third-order valence-corrected chi connectivity index (χ3v) is 3.95. The molecule has 8 heteroatoms. The highest BCUT2D eigenvalue weighted by atomic mass is 16.3. The maximum atomic E-state index is 12.3. The molecule has 1 aliphatic carbocycles. The summed E-state index contributed by atoms with van der Waals surface area (Å²) < 4.78 is 1.47. The first-order valence-corrected chi connectivity index (χ1v) is 7.10. The van der Waals surface area contributed by atoms with E-state index in [1.165, 1.54) is 11.0 Å². The van der Waals surface area contributed by atoms with Crippen molar-refractivity contribution in [2.24, 2.45) is 5.92 Å². The first-order chi connectivity index (χ1) is 10.7. The average Bonchev–Trinajstić information content (AvgIpc) is 3.17. The fourth-order valence-electron chi connectivity index (χ4n) is 2.75. The van der Waals surface area contributed by atoms with Gasteiger partial charge in [-0.15, -0.1) is 5.10 Å². The number of amides is 1. The first-order valence-electron chi connectivity index (χ1n) is 7.10. The quantitative estimate of drug-likeness (QED) is 0.703. The summed E-state index contributed by atoms with van der Waals surface area (Å²) in [4.78, 5) is 12.3. The Labute approximate surface area is 126 Å². The van der Waals surface area contributed by atoms with E-state index in [-0.39, 0.29) is 24.5 Å². The van der Waals surface area contributed by atoms with E-state index in [9.17, 15) is 9.90 Å². The Balaban J connectivity index is 1.69. The van der Waals surface area contributed by atoms with E-state index in [1.54, 1.807) is 24.3 Å². The number of aliphatic hydroxyl groups excluding tert-OH is 2. The number of nitrogens with one attached hydrogen (secondary N) is 1. The van der Waals surface area contributed by atoms with Crippen molar-refractivity contribution in [1.82, 2.24) is 25.5 Å². The van der Waals surface area contributed by atoms with Crippen molar-refractivity contribution in [3.05, 3.63) is 36.2 Å². The molecule has 3 atom stereocenters. The third-order valence-electron chi connectivity index (χ3n) is 3.95. The minimum Gasteiger partial charge on any atom is -0.396 e. The molecule has 0 unspecified atom stereocenters. The number of carbonyl (C=O) groups is 1. The molecule has 0 aliphatic heterocycles. The van der Waals surface area contributed by atoms with Gasteiger partial charge in [0.25, 0.3) is 5.91 Å². The molecule has 116 valence electrons. The molecule has 0 spiro atoms. The first kappa shape index (κ1) is 14.6. The Bertz CT molecular complexity index is 646. The summed E-state index contributed by atoms with van der Waals surface area (Å²) >= 11 is 0. The van der Waals surface area contributed by atoms with Gasteiger partial charge in [-0.2, -0.15) is 0 Å². The lowest BCUT2D eigenvalue weighted by Crippen LogP contribution is -2.33. The molecule has 22 heavy (non-hydrogen) atoms. The van der Waals surface area contributed by atoms with E-state index in [1.807, 2.05) is 0 Å². The van der Waals surface area contributed by atoms with E-state index in [0.29, 0.717) is 24.1 Å². The summed E-state index contributed by atoms with van der Waals surface area (Å²) in [7, 11) is 0. The third kappa shape index (κ3) is 2.97. The lowest BCUT2D eigenvalue weighted by Gasteiger charge is -2.13. The van der Waals surface area contributed by atoms with Crippen LogP contribution in [-0.2, 0) is 0 Å².